The van der Waals surface area contributed by atoms with Crippen molar-refractivity contribution in [3.63, 3.8) is 0 Å². The van der Waals surface area contributed by atoms with Crippen molar-refractivity contribution in [3.05, 3.63) is 59.7 Å². The maximum atomic E-state index is 13.2. The van der Waals surface area contributed by atoms with E-state index in [0.717, 1.165) is 46.9 Å². The van der Waals surface area contributed by atoms with Crippen molar-refractivity contribution in [2.24, 2.45) is 18.1 Å². The summed E-state index contributed by atoms with van der Waals surface area (Å²) in [6, 6.07) is 6.79. The summed E-state index contributed by atoms with van der Waals surface area (Å²) < 4.78 is 51.0. The Morgan fingerprint density at radius 3 is 2.71 bits per heavy atom. The van der Waals surface area contributed by atoms with E-state index in [1.165, 1.54) is 12.1 Å². The number of carbonyl (C=O) groups excluding carboxylic acids is 1. The van der Waals surface area contributed by atoms with Gasteiger partial charge in [-0.1, -0.05) is 11.8 Å². The van der Waals surface area contributed by atoms with Gasteiger partial charge in [0, 0.05) is 13.0 Å². The van der Waals surface area contributed by atoms with Crippen LogP contribution < -0.4 is 0 Å². The Bertz CT molecular complexity index is 1230. The third-order valence-electron chi connectivity index (χ3n) is 5.86. The number of hydrogen-bond donors (Lipinski definition) is 0. The molecule has 1 aliphatic heterocycles. The van der Waals surface area contributed by atoms with Crippen LogP contribution in [0.25, 0.3) is 6.08 Å². The number of halogens is 3. The van der Waals surface area contributed by atoms with Gasteiger partial charge < -0.3 is 13.4 Å². The van der Waals surface area contributed by atoms with Crippen molar-refractivity contribution < 1.29 is 26.8 Å². The van der Waals surface area contributed by atoms with E-state index < -0.39 is 18.0 Å². The van der Waals surface area contributed by atoms with Crippen LogP contribution in [0.3, 0.4) is 0 Å². The minimum Gasteiger partial charge on any atom is -0.467 e. The molecule has 178 valence electrons. The van der Waals surface area contributed by atoms with Crippen LogP contribution in [0, 0.1) is 5.92 Å². The van der Waals surface area contributed by atoms with Gasteiger partial charge in [0.1, 0.15) is 17.6 Å². The minimum absolute atomic E-state index is 0.00195. The van der Waals surface area contributed by atoms with Crippen LogP contribution in [0.1, 0.15) is 42.6 Å². The summed E-state index contributed by atoms with van der Waals surface area (Å²) in [6.45, 7) is 0. The van der Waals surface area contributed by atoms with Gasteiger partial charge in [0.05, 0.1) is 24.0 Å². The van der Waals surface area contributed by atoms with E-state index in [1.54, 1.807) is 30.7 Å². The number of alkyl halides is 3. The first kappa shape index (κ1) is 22.5. The molecule has 4 heterocycles. The highest BCUT2D eigenvalue weighted by Crippen LogP contribution is 2.44. The van der Waals surface area contributed by atoms with Gasteiger partial charge in [-0.2, -0.15) is 18.3 Å². The van der Waals surface area contributed by atoms with Crippen LogP contribution in [0.5, 0.6) is 0 Å². The molecule has 3 aromatic rings. The number of hydrogen-bond acceptors (Lipinski definition) is 7. The molecular weight excluding hydrogens is 471 g/mol. The molecule has 0 radical (unpaired) electrons. The van der Waals surface area contributed by atoms with Crippen molar-refractivity contribution in [1.29, 1.82) is 0 Å². The van der Waals surface area contributed by atoms with Gasteiger partial charge in [-0.25, -0.2) is 5.01 Å². The first-order valence-corrected chi connectivity index (χ1v) is 11.6. The largest absolute Gasteiger partial charge is 0.467 e. The Morgan fingerprint density at radius 1 is 1.24 bits per heavy atom. The molecule has 0 spiro atoms. The van der Waals surface area contributed by atoms with E-state index in [9.17, 15) is 18.0 Å². The molecular formula is C22H20F3N5O3S. The fourth-order valence-electron chi connectivity index (χ4n) is 4.37. The first-order chi connectivity index (χ1) is 16.3. The second kappa shape index (κ2) is 8.82. The summed E-state index contributed by atoms with van der Waals surface area (Å²) in [7, 11) is 1.22. The molecule has 3 aromatic heterocycles. The molecule has 12 heteroatoms. The van der Waals surface area contributed by atoms with Crippen LogP contribution in [0.15, 0.2) is 61.5 Å². The molecule has 1 amide bonds. The monoisotopic (exact) mass is 491 g/mol. The highest BCUT2D eigenvalue weighted by molar-refractivity contribution is 7.99. The number of furan rings is 2. The zero-order valence-corrected chi connectivity index (χ0v) is 18.8. The van der Waals surface area contributed by atoms with Crippen molar-refractivity contribution in [2.75, 3.05) is 5.75 Å². The molecule has 1 fully saturated rings. The molecule has 0 bridgehead atoms. The number of nitrogens with zero attached hydrogens (tertiary/aromatic N) is 5. The van der Waals surface area contributed by atoms with Crippen LogP contribution in [0.4, 0.5) is 13.2 Å². The second-order valence-corrected chi connectivity index (χ2v) is 8.96. The number of allylic oxidation sites excluding steroid dienone is 1. The fourth-order valence-corrected chi connectivity index (χ4v) is 5.13. The molecule has 2 aliphatic rings. The van der Waals surface area contributed by atoms with Crippen molar-refractivity contribution in [3.8, 4) is 0 Å². The summed E-state index contributed by atoms with van der Waals surface area (Å²) in [4.78, 5) is 13.2. The average Bonchev–Trinajstić information content (AvgIpc) is 3.58. The second-order valence-electron chi connectivity index (χ2n) is 8.02. The lowest BCUT2D eigenvalue weighted by Gasteiger charge is -2.27. The number of aromatic nitrogens is 3. The number of rotatable bonds is 5. The van der Waals surface area contributed by atoms with Crippen LogP contribution >= 0.6 is 11.8 Å². The van der Waals surface area contributed by atoms with Gasteiger partial charge >= 0.3 is 6.18 Å². The number of fused-ring (bicyclic) bond motifs is 1. The quantitative estimate of drug-likeness (QED) is 0.470. The van der Waals surface area contributed by atoms with Crippen LogP contribution in [-0.4, -0.2) is 37.1 Å². The Morgan fingerprint density at radius 2 is 2.03 bits per heavy atom. The molecule has 5 rings (SSSR count). The van der Waals surface area contributed by atoms with E-state index in [0.29, 0.717) is 11.5 Å². The molecule has 8 nitrogen and oxygen atoms in total. The fraction of sp³-hybridized carbons (Fsp3) is 0.364. The topological polar surface area (TPSA) is 89.7 Å². The lowest BCUT2D eigenvalue weighted by atomic mass is 9.79. The lowest BCUT2D eigenvalue weighted by molar-refractivity contribution is -0.147. The number of hydrazone groups is 1. The molecule has 0 N–H and O–H groups in total. The summed E-state index contributed by atoms with van der Waals surface area (Å²) in [5.74, 6) is -0.364. The van der Waals surface area contributed by atoms with Crippen LogP contribution in [0.2, 0.25) is 0 Å². The third-order valence-corrected chi connectivity index (χ3v) is 6.87. The normalized spacial score (nSPS) is 21.7. The van der Waals surface area contributed by atoms with E-state index in [-0.39, 0.29) is 22.7 Å². The zero-order valence-electron chi connectivity index (χ0n) is 18.0. The molecule has 0 aromatic carbocycles. The highest BCUT2D eigenvalue weighted by Gasteiger charge is 2.45. The number of thioether (sulfide) groups is 1. The van der Waals surface area contributed by atoms with Gasteiger partial charge in [-0.15, -0.1) is 10.2 Å². The summed E-state index contributed by atoms with van der Waals surface area (Å²) in [5.41, 5.74) is 1.80. The standard InChI is InChI=1S/C22H20F3N5O3S/c1-29-20(22(23,24)25)26-27-21(29)34-12-17(31)30-19(16-8-4-10-33-16)15-7-2-5-13(18(15)28-30)11-14-6-3-9-32-14/h3-4,6,8-11,15,19H,2,5,7,12H2,1H3. The molecule has 34 heavy (non-hydrogen) atoms. The molecule has 2 atom stereocenters. The molecule has 0 saturated heterocycles. The predicted molar refractivity (Wildman–Crippen MR) is 116 cm³/mol. The Labute approximate surface area is 196 Å². The summed E-state index contributed by atoms with van der Waals surface area (Å²) in [5, 5.41) is 12.9. The van der Waals surface area contributed by atoms with Gasteiger partial charge in [0.25, 0.3) is 5.91 Å². The van der Waals surface area contributed by atoms with Gasteiger partial charge in [0.15, 0.2) is 5.16 Å². The third kappa shape index (κ3) is 4.17. The molecule has 1 saturated carbocycles. The van der Waals surface area contributed by atoms with E-state index in [1.807, 2.05) is 12.1 Å². The maximum Gasteiger partial charge on any atom is 0.451 e. The maximum absolute atomic E-state index is 13.2. The Kier molecular flexibility index (Phi) is 5.84. The average molecular weight is 491 g/mol. The first-order valence-electron chi connectivity index (χ1n) is 10.6. The van der Waals surface area contributed by atoms with E-state index in [4.69, 9.17) is 8.83 Å². The zero-order chi connectivity index (χ0) is 23.9. The van der Waals surface area contributed by atoms with Gasteiger partial charge in [0.2, 0.25) is 5.82 Å². The minimum atomic E-state index is -4.62. The predicted octanol–water partition coefficient (Wildman–Crippen LogP) is 4.94. The lowest BCUT2D eigenvalue weighted by Crippen LogP contribution is -2.32. The van der Waals surface area contributed by atoms with Gasteiger partial charge in [-0.3, -0.25) is 4.79 Å². The van der Waals surface area contributed by atoms with Crippen LogP contribution in [-0.2, 0) is 18.0 Å². The number of carbonyl (C=O) groups is 1. The highest BCUT2D eigenvalue weighted by atomic mass is 32.2. The van der Waals surface area contributed by atoms with E-state index >= 15 is 0 Å². The summed E-state index contributed by atoms with van der Waals surface area (Å²) in [6.07, 6.45) is 3.01. The summed E-state index contributed by atoms with van der Waals surface area (Å²) >= 11 is 0.885. The van der Waals surface area contributed by atoms with E-state index in [2.05, 4.69) is 15.3 Å². The van der Waals surface area contributed by atoms with Crippen molar-refractivity contribution in [2.45, 2.75) is 36.6 Å². The molecule has 2 unspecified atom stereocenters. The van der Waals surface area contributed by atoms with Crippen molar-refractivity contribution >= 4 is 29.5 Å². The smallest absolute Gasteiger partial charge is 0.451 e. The Hall–Kier alpha value is -3.28. The number of amides is 1. The Balaban J connectivity index is 1.41. The van der Waals surface area contributed by atoms with Gasteiger partial charge in [-0.05, 0) is 55.2 Å². The SMILES string of the molecule is Cn1c(SCC(=O)N2N=C3C(=Cc4ccco4)CCCC3C2c2ccco2)nnc1C(F)(F)F. The molecule has 1 aliphatic carbocycles. The van der Waals surface area contributed by atoms with Crippen molar-refractivity contribution in [1.82, 2.24) is 19.8 Å².